The first-order chi connectivity index (χ1) is 21.9. The van der Waals surface area contributed by atoms with Gasteiger partial charge in [-0.25, -0.2) is 17.5 Å². The van der Waals surface area contributed by atoms with Crippen LogP contribution < -0.4 is 21.3 Å². The van der Waals surface area contributed by atoms with E-state index in [0.717, 1.165) is 38.4 Å². The molecule has 1 saturated heterocycles. The molecule has 2 rings (SSSR count). The largest absolute Gasteiger partial charge is 0.346 e. The van der Waals surface area contributed by atoms with Crippen LogP contribution in [-0.2, 0) is 29.2 Å². The minimum absolute atomic E-state index is 0.0366. The van der Waals surface area contributed by atoms with Crippen molar-refractivity contribution in [2.24, 2.45) is 17.3 Å². The molecule has 13 nitrogen and oxygen atoms in total. The first-order valence-electron chi connectivity index (χ1n) is 16.4. The normalized spacial score (nSPS) is 20.8. The molecule has 1 saturated carbocycles. The molecule has 14 heteroatoms. The number of nitrogens with zero attached hydrogens (tertiary/aromatic N) is 2. The third-order valence-electron chi connectivity index (χ3n) is 8.97. The summed E-state index contributed by atoms with van der Waals surface area (Å²) in [4.78, 5) is 68.2. The van der Waals surface area contributed by atoms with Crippen molar-refractivity contribution in [3.05, 3.63) is 12.7 Å². The molecule has 5 atom stereocenters. The highest BCUT2D eigenvalue weighted by molar-refractivity contribution is 7.88. The number of nitrogens with one attached hydrogen (secondary N) is 4. The van der Waals surface area contributed by atoms with Crippen LogP contribution in [0.25, 0.3) is 0 Å². The molecule has 0 spiro atoms. The van der Waals surface area contributed by atoms with Crippen LogP contribution in [0, 0.1) is 29.6 Å². The summed E-state index contributed by atoms with van der Waals surface area (Å²) in [5.41, 5.74) is -0.510. The smallest absolute Gasteiger partial charge is 0.315 e. The summed E-state index contributed by atoms with van der Waals surface area (Å²) >= 11 is 0. The van der Waals surface area contributed by atoms with E-state index in [9.17, 15) is 32.4 Å². The van der Waals surface area contributed by atoms with Crippen molar-refractivity contribution in [3.63, 3.8) is 0 Å². The molecule has 0 bridgehead atoms. The summed E-state index contributed by atoms with van der Waals surface area (Å²) in [5, 5.41) is 10.9. The minimum Gasteiger partial charge on any atom is -0.346 e. The van der Waals surface area contributed by atoms with E-state index in [1.807, 2.05) is 27.7 Å². The number of amides is 5. The molecule has 5 amide bonds. The molecular formula is C33H54N6O7S. The first-order valence-corrected chi connectivity index (χ1v) is 18.2. The average Bonchev–Trinajstić information content (AvgIpc) is 3.40. The molecule has 1 aliphatic heterocycles. The number of likely N-dealkylation sites (N-methyl/N-ethyl adjacent to an activating group) is 1. The van der Waals surface area contributed by atoms with Gasteiger partial charge in [-0.1, -0.05) is 53.0 Å². The fraction of sp³-hybridized carbons (Fsp3) is 0.727. The molecule has 1 aliphatic carbocycles. The Hall–Kier alpha value is -3.44. The molecule has 0 aromatic carbocycles. The van der Waals surface area contributed by atoms with Crippen molar-refractivity contribution in [1.29, 1.82) is 0 Å². The molecule has 0 aromatic heterocycles. The number of carbonyl (C=O) groups excluding carboxylic acids is 5. The maximum atomic E-state index is 14.3. The Morgan fingerprint density at radius 2 is 1.72 bits per heavy atom. The topological polar surface area (TPSA) is 174 Å². The minimum atomic E-state index is -3.50. The van der Waals surface area contributed by atoms with Crippen molar-refractivity contribution in [3.8, 4) is 12.3 Å². The summed E-state index contributed by atoms with van der Waals surface area (Å²) in [6, 6.07) is -4.19. The van der Waals surface area contributed by atoms with E-state index < -0.39 is 69.1 Å². The van der Waals surface area contributed by atoms with Crippen molar-refractivity contribution < 1.29 is 32.4 Å². The standard InChI is InChI=1S/C33H54N6O7S/c1-9-11-17-24(28(40)30(42)34-18-10-2)35-29(41)25-19-22(3)20-39(25)31(43)27(23-15-13-12-14-16-23)37-32(44)36-26(33(4,5)6)21-38(7)47(8,45)46/h1,10,22-27H,2,11-21H2,3-8H3,(H,34,42)(H,35,41)(H2,36,37,44)/t22-,24?,25+,26-,27+/m1/s1. The van der Waals surface area contributed by atoms with E-state index in [1.165, 1.54) is 22.3 Å². The van der Waals surface area contributed by atoms with E-state index in [1.54, 1.807) is 0 Å². The fourth-order valence-electron chi connectivity index (χ4n) is 6.01. The maximum absolute atomic E-state index is 14.3. The zero-order valence-corrected chi connectivity index (χ0v) is 29.6. The van der Waals surface area contributed by atoms with Gasteiger partial charge in [0.1, 0.15) is 12.1 Å². The van der Waals surface area contributed by atoms with Crippen molar-refractivity contribution in [2.45, 2.75) is 103 Å². The first kappa shape index (κ1) is 39.7. The highest BCUT2D eigenvalue weighted by Gasteiger charge is 2.44. The lowest BCUT2D eigenvalue weighted by atomic mass is 9.83. The summed E-state index contributed by atoms with van der Waals surface area (Å²) in [5.74, 6) is -0.451. The van der Waals surface area contributed by atoms with Crippen LogP contribution in [0.5, 0.6) is 0 Å². The molecule has 264 valence electrons. The van der Waals surface area contributed by atoms with Crippen LogP contribution in [0.15, 0.2) is 12.7 Å². The Balaban J connectivity index is 2.31. The van der Waals surface area contributed by atoms with Crippen LogP contribution in [0.4, 0.5) is 4.79 Å². The van der Waals surface area contributed by atoms with Crippen molar-refractivity contribution in [2.75, 3.05) is 32.9 Å². The van der Waals surface area contributed by atoms with Gasteiger partial charge in [-0.3, -0.25) is 19.2 Å². The second kappa shape index (κ2) is 17.6. The third-order valence-corrected chi connectivity index (χ3v) is 10.2. The number of carbonyl (C=O) groups is 5. The molecule has 4 N–H and O–H groups in total. The molecule has 0 radical (unpaired) electrons. The van der Waals surface area contributed by atoms with Gasteiger partial charge in [-0.2, -0.15) is 0 Å². The van der Waals surface area contributed by atoms with Gasteiger partial charge in [0.25, 0.3) is 5.91 Å². The zero-order valence-electron chi connectivity index (χ0n) is 28.8. The van der Waals surface area contributed by atoms with Gasteiger partial charge >= 0.3 is 6.03 Å². The molecule has 0 aromatic rings. The van der Waals surface area contributed by atoms with Gasteiger partial charge in [0, 0.05) is 39.1 Å². The molecular weight excluding hydrogens is 624 g/mol. The van der Waals surface area contributed by atoms with Gasteiger partial charge in [-0.05, 0) is 42.9 Å². The number of ketones is 1. The van der Waals surface area contributed by atoms with E-state index in [2.05, 4.69) is 33.8 Å². The maximum Gasteiger partial charge on any atom is 0.315 e. The number of hydrogen-bond acceptors (Lipinski definition) is 7. The Bertz CT molecular complexity index is 1300. The molecule has 2 aliphatic rings. The van der Waals surface area contributed by atoms with E-state index in [4.69, 9.17) is 6.42 Å². The monoisotopic (exact) mass is 678 g/mol. The Morgan fingerprint density at radius 1 is 1.09 bits per heavy atom. The predicted molar refractivity (Wildman–Crippen MR) is 180 cm³/mol. The lowest BCUT2D eigenvalue weighted by molar-refractivity contribution is -0.143. The second-order valence-corrected chi connectivity index (χ2v) is 16.1. The van der Waals surface area contributed by atoms with Gasteiger partial charge in [0.2, 0.25) is 27.6 Å². The highest BCUT2D eigenvalue weighted by atomic mass is 32.2. The van der Waals surface area contributed by atoms with Gasteiger partial charge < -0.3 is 26.2 Å². The molecule has 2 fully saturated rings. The lowest BCUT2D eigenvalue weighted by Gasteiger charge is -2.37. The number of Topliss-reactive ketones (excluding diaryl/α,β-unsaturated/α-hetero) is 1. The quantitative estimate of drug-likeness (QED) is 0.116. The van der Waals surface area contributed by atoms with Crippen LogP contribution in [0.3, 0.4) is 0 Å². The van der Waals surface area contributed by atoms with Crippen LogP contribution in [0.1, 0.15) is 79.1 Å². The summed E-state index contributed by atoms with van der Waals surface area (Å²) < 4.78 is 25.4. The van der Waals surface area contributed by atoms with Crippen LogP contribution in [0.2, 0.25) is 0 Å². The lowest BCUT2D eigenvalue weighted by Crippen LogP contribution is -2.60. The average molecular weight is 679 g/mol. The van der Waals surface area contributed by atoms with Crippen LogP contribution in [-0.4, -0.2) is 104 Å². The second-order valence-electron chi connectivity index (χ2n) is 14.0. The van der Waals surface area contributed by atoms with Gasteiger partial charge in [-0.15, -0.1) is 18.9 Å². The summed E-state index contributed by atoms with van der Waals surface area (Å²) in [6.45, 7) is 11.5. The van der Waals surface area contributed by atoms with Gasteiger partial charge in [0.05, 0.1) is 12.3 Å². The van der Waals surface area contributed by atoms with E-state index in [0.29, 0.717) is 6.42 Å². The molecule has 1 heterocycles. The number of rotatable bonds is 15. The van der Waals surface area contributed by atoms with E-state index in [-0.39, 0.29) is 44.3 Å². The summed E-state index contributed by atoms with van der Waals surface area (Å²) in [6.07, 6.45) is 12.7. The number of likely N-dealkylation sites (tertiary alicyclic amines) is 1. The SMILES string of the molecule is C#CCCC(NC(=O)[C@@H]1C[C@@H](C)CN1C(=O)[C@@H](NC(=O)N[C@H](CN(C)S(C)(=O)=O)C(C)(C)C)C1CCCCC1)C(=O)C(=O)NCC=C. The Kier molecular flexibility index (Phi) is 14.9. The Morgan fingerprint density at radius 3 is 2.28 bits per heavy atom. The number of hydrogen-bond donors (Lipinski definition) is 4. The van der Waals surface area contributed by atoms with Crippen molar-refractivity contribution in [1.82, 2.24) is 30.5 Å². The number of terminal acetylenes is 1. The third kappa shape index (κ3) is 11.9. The number of urea groups is 1. The van der Waals surface area contributed by atoms with E-state index >= 15 is 0 Å². The highest BCUT2D eigenvalue weighted by Crippen LogP contribution is 2.31. The molecule has 47 heavy (non-hydrogen) atoms. The van der Waals surface area contributed by atoms with Crippen LogP contribution >= 0.6 is 0 Å². The predicted octanol–water partition coefficient (Wildman–Crippen LogP) is 1.55. The summed E-state index contributed by atoms with van der Waals surface area (Å²) in [7, 11) is -2.06. The number of sulfonamides is 1. The molecule has 1 unspecified atom stereocenters. The Labute approximate surface area is 280 Å². The van der Waals surface area contributed by atoms with Gasteiger partial charge in [0.15, 0.2) is 0 Å². The fourth-order valence-corrected chi connectivity index (χ4v) is 6.43. The van der Waals surface area contributed by atoms with Crippen molar-refractivity contribution >= 4 is 39.6 Å². The zero-order chi connectivity index (χ0) is 35.5.